The summed E-state index contributed by atoms with van der Waals surface area (Å²) >= 11 is 1.66. The summed E-state index contributed by atoms with van der Waals surface area (Å²) in [6.07, 6.45) is 0.858. The number of hydrogen-bond donors (Lipinski definition) is 1. The molecule has 1 aromatic heterocycles. The molecule has 1 aromatic carbocycles. The number of nitrogens with zero attached hydrogens (tertiary/aromatic N) is 2. The molecule has 0 atom stereocenters. The molecule has 2 aromatic rings. The van der Waals surface area contributed by atoms with Crippen LogP contribution < -0.4 is 5.32 Å². The Balaban J connectivity index is 1.83. The zero-order valence-corrected chi connectivity index (χ0v) is 11.2. The van der Waals surface area contributed by atoms with Crippen molar-refractivity contribution in [2.75, 3.05) is 20.3 Å². The van der Waals surface area contributed by atoms with Gasteiger partial charge in [-0.2, -0.15) is 0 Å². The molecule has 1 heterocycles. The molecule has 0 unspecified atom stereocenters. The fraction of sp³-hybridized carbons (Fsp3) is 0.385. The Kier molecular flexibility index (Phi) is 5.26. The molecule has 0 radical (unpaired) electrons. The molecule has 18 heavy (non-hydrogen) atoms. The Morgan fingerprint density at radius 1 is 1.17 bits per heavy atom. The molecule has 4 nitrogen and oxygen atoms in total. The zero-order valence-electron chi connectivity index (χ0n) is 10.4. The number of nitrogens with one attached hydrogen (secondary N) is 1. The van der Waals surface area contributed by atoms with E-state index in [1.807, 2.05) is 18.2 Å². The Hall–Kier alpha value is -1.30. The van der Waals surface area contributed by atoms with E-state index in [1.165, 1.54) is 5.56 Å². The zero-order chi connectivity index (χ0) is 12.6. The molecule has 1 N–H and O–H groups in total. The summed E-state index contributed by atoms with van der Waals surface area (Å²) in [4.78, 5) is 0. The average molecular weight is 263 g/mol. The van der Waals surface area contributed by atoms with Gasteiger partial charge in [0.05, 0.1) is 6.61 Å². The van der Waals surface area contributed by atoms with Gasteiger partial charge in [-0.1, -0.05) is 41.7 Å². The van der Waals surface area contributed by atoms with Crippen molar-refractivity contribution in [3.8, 4) is 0 Å². The maximum atomic E-state index is 4.97. The molecule has 0 aliphatic heterocycles. The highest BCUT2D eigenvalue weighted by molar-refractivity contribution is 7.11. The number of benzene rings is 1. The first-order valence-corrected chi connectivity index (χ1v) is 6.75. The minimum Gasteiger partial charge on any atom is -0.383 e. The second-order valence-corrected chi connectivity index (χ2v) is 5.07. The normalized spacial score (nSPS) is 10.7. The minimum absolute atomic E-state index is 0.718. The third kappa shape index (κ3) is 4.18. The minimum atomic E-state index is 0.718. The predicted molar refractivity (Wildman–Crippen MR) is 72.7 cm³/mol. The van der Waals surface area contributed by atoms with Crippen LogP contribution >= 0.6 is 11.3 Å². The van der Waals surface area contributed by atoms with Gasteiger partial charge in [-0.15, -0.1) is 10.2 Å². The van der Waals surface area contributed by atoms with Gasteiger partial charge in [-0.3, -0.25) is 0 Å². The summed E-state index contributed by atoms with van der Waals surface area (Å²) in [5.74, 6) is 0. The summed E-state index contributed by atoms with van der Waals surface area (Å²) in [7, 11) is 1.70. The van der Waals surface area contributed by atoms with Crippen LogP contribution in [-0.2, 0) is 17.7 Å². The summed E-state index contributed by atoms with van der Waals surface area (Å²) < 4.78 is 4.97. The first-order chi connectivity index (χ1) is 8.88. The smallest absolute Gasteiger partial charge is 0.131 e. The van der Waals surface area contributed by atoms with Crippen molar-refractivity contribution in [3.05, 3.63) is 45.9 Å². The fourth-order valence-electron chi connectivity index (χ4n) is 1.57. The van der Waals surface area contributed by atoms with Crippen LogP contribution in [0.25, 0.3) is 0 Å². The largest absolute Gasteiger partial charge is 0.383 e. The topological polar surface area (TPSA) is 47.0 Å². The average Bonchev–Trinajstić information content (AvgIpc) is 2.84. The third-order valence-electron chi connectivity index (χ3n) is 2.47. The first kappa shape index (κ1) is 13.1. The van der Waals surface area contributed by atoms with Crippen LogP contribution in [0.2, 0.25) is 0 Å². The Morgan fingerprint density at radius 2 is 1.94 bits per heavy atom. The quantitative estimate of drug-likeness (QED) is 0.775. The lowest BCUT2D eigenvalue weighted by Gasteiger charge is -1.99. The van der Waals surface area contributed by atoms with Crippen molar-refractivity contribution >= 4 is 11.3 Å². The highest BCUT2D eigenvalue weighted by Gasteiger charge is 2.04. The summed E-state index contributed by atoms with van der Waals surface area (Å²) in [6, 6.07) is 10.3. The second-order valence-electron chi connectivity index (χ2n) is 3.92. The standard InChI is InChI=1S/C13H17N3OS/c1-17-8-7-14-10-13-16-15-12(18-13)9-11-5-3-2-4-6-11/h2-6,14H,7-10H2,1H3. The fourth-order valence-corrected chi connectivity index (χ4v) is 2.42. The number of aromatic nitrogens is 2. The van der Waals surface area contributed by atoms with Gasteiger partial charge in [-0.25, -0.2) is 0 Å². The van der Waals surface area contributed by atoms with Crippen LogP contribution in [0.1, 0.15) is 15.6 Å². The van der Waals surface area contributed by atoms with Crippen molar-refractivity contribution < 1.29 is 4.74 Å². The SMILES string of the molecule is COCCNCc1nnc(Cc2ccccc2)s1. The molecule has 0 spiro atoms. The van der Waals surface area contributed by atoms with E-state index >= 15 is 0 Å². The van der Waals surface area contributed by atoms with E-state index < -0.39 is 0 Å². The molecule has 96 valence electrons. The van der Waals surface area contributed by atoms with Gasteiger partial charge >= 0.3 is 0 Å². The van der Waals surface area contributed by atoms with E-state index in [0.29, 0.717) is 0 Å². The predicted octanol–water partition coefficient (Wildman–Crippen LogP) is 1.86. The molecule has 0 amide bonds. The van der Waals surface area contributed by atoms with Crippen LogP contribution in [0.15, 0.2) is 30.3 Å². The molecular weight excluding hydrogens is 246 g/mol. The number of ether oxygens (including phenoxy) is 1. The van der Waals surface area contributed by atoms with Crippen LogP contribution in [-0.4, -0.2) is 30.5 Å². The summed E-state index contributed by atoms with van der Waals surface area (Å²) in [5, 5.41) is 13.7. The lowest BCUT2D eigenvalue weighted by Crippen LogP contribution is -2.18. The highest BCUT2D eigenvalue weighted by Crippen LogP contribution is 2.14. The molecule has 0 bridgehead atoms. The molecular formula is C13H17N3OS. The maximum absolute atomic E-state index is 4.97. The number of rotatable bonds is 7. The van der Waals surface area contributed by atoms with Gasteiger partial charge in [0.15, 0.2) is 0 Å². The molecule has 0 aliphatic carbocycles. The van der Waals surface area contributed by atoms with Gasteiger partial charge in [0.1, 0.15) is 10.0 Å². The van der Waals surface area contributed by atoms with Gasteiger partial charge in [-0.05, 0) is 5.56 Å². The molecule has 2 rings (SSSR count). The third-order valence-corrected chi connectivity index (χ3v) is 3.39. The van der Waals surface area contributed by atoms with E-state index in [-0.39, 0.29) is 0 Å². The van der Waals surface area contributed by atoms with Crippen LogP contribution in [0.3, 0.4) is 0 Å². The molecule has 0 saturated heterocycles. The Bertz CT molecular complexity index is 458. The summed E-state index contributed by atoms with van der Waals surface area (Å²) in [6.45, 7) is 2.32. The van der Waals surface area contributed by atoms with E-state index in [0.717, 1.165) is 36.1 Å². The van der Waals surface area contributed by atoms with Crippen LogP contribution in [0.5, 0.6) is 0 Å². The van der Waals surface area contributed by atoms with Gasteiger partial charge in [0, 0.05) is 26.6 Å². The molecule has 0 aliphatic rings. The molecule has 5 heteroatoms. The lowest BCUT2D eigenvalue weighted by atomic mass is 10.2. The van der Waals surface area contributed by atoms with Crippen molar-refractivity contribution in [2.45, 2.75) is 13.0 Å². The van der Waals surface area contributed by atoms with Crippen molar-refractivity contribution in [3.63, 3.8) is 0 Å². The van der Waals surface area contributed by atoms with Crippen molar-refractivity contribution in [1.82, 2.24) is 15.5 Å². The molecule has 0 fully saturated rings. The van der Waals surface area contributed by atoms with E-state index in [2.05, 4.69) is 27.6 Å². The Labute approximate surface area is 111 Å². The maximum Gasteiger partial charge on any atom is 0.131 e. The number of methoxy groups -OCH3 is 1. The summed E-state index contributed by atoms with van der Waals surface area (Å²) in [5.41, 5.74) is 1.27. The van der Waals surface area contributed by atoms with E-state index in [9.17, 15) is 0 Å². The first-order valence-electron chi connectivity index (χ1n) is 5.93. The number of hydrogen-bond acceptors (Lipinski definition) is 5. The monoisotopic (exact) mass is 263 g/mol. The highest BCUT2D eigenvalue weighted by atomic mass is 32.1. The van der Waals surface area contributed by atoms with E-state index in [4.69, 9.17) is 4.74 Å². The van der Waals surface area contributed by atoms with E-state index in [1.54, 1.807) is 18.4 Å². The van der Waals surface area contributed by atoms with Crippen LogP contribution in [0, 0.1) is 0 Å². The van der Waals surface area contributed by atoms with Crippen LogP contribution in [0.4, 0.5) is 0 Å². The second kappa shape index (κ2) is 7.20. The van der Waals surface area contributed by atoms with Gasteiger partial charge in [0.25, 0.3) is 0 Å². The van der Waals surface area contributed by atoms with Crippen molar-refractivity contribution in [2.24, 2.45) is 0 Å². The van der Waals surface area contributed by atoms with Gasteiger partial charge in [0.2, 0.25) is 0 Å². The van der Waals surface area contributed by atoms with Gasteiger partial charge < -0.3 is 10.1 Å². The Morgan fingerprint density at radius 3 is 2.72 bits per heavy atom. The van der Waals surface area contributed by atoms with Crippen molar-refractivity contribution in [1.29, 1.82) is 0 Å². The molecule has 0 saturated carbocycles. The lowest BCUT2D eigenvalue weighted by molar-refractivity contribution is 0.199.